The lowest BCUT2D eigenvalue weighted by molar-refractivity contribution is 0.103. The molecular formula is C12H12O2. The van der Waals surface area contributed by atoms with E-state index in [0.29, 0.717) is 24.4 Å². The van der Waals surface area contributed by atoms with Crippen LogP contribution in [0.4, 0.5) is 0 Å². The van der Waals surface area contributed by atoms with Crippen molar-refractivity contribution in [3.8, 4) is 0 Å². The third-order valence-electron chi connectivity index (χ3n) is 2.37. The first-order valence-corrected chi connectivity index (χ1v) is 4.58. The van der Waals surface area contributed by atoms with Gasteiger partial charge in [-0.1, -0.05) is 18.7 Å². The summed E-state index contributed by atoms with van der Waals surface area (Å²) in [6.45, 7) is 6.65. The molecule has 0 saturated heterocycles. The zero-order chi connectivity index (χ0) is 10.1. The molecule has 0 amide bonds. The highest BCUT2D eigenvalue weighted by molar-refractivity contribution is 6.08. The van der Waals surface area contributed by atoms with E-state index in [9.17, 15) is 4.79 Å². The van der Waals surface area contributed by atoms with Crippen molar-refractivity contribution in [3.05, 3.63) is 47.0 Å². The number of ether oxygens (including phenoxy) is 1. The molecule has 0 atom stereocenters. The van der Waals surface area contributed by atoms with E-state index in [2.05, 4.69) is 6.58 Å². The molecule has 14 heavy (non-hydrogen) atoms. The van der Waals surface area contributed by atoms with Crippen LogP contribution in [0.2, 0.25) is 0 Å². The topological polar surface area (TPSA) is 26.3 Å². The van der Waals surface area contributed by atoms with Crippen molar-refractivity contribution in [2.45, 2.75) is 20.1 Å². The molecule has 0 radical (unpaired) electrons. The molecule has 0 unspecified atom stereocenters. The molecule has 0 aliphatic carbocycles. The smallest absolute Gasteiger partial charge is 0.188 e. The van der Waals surface area contributed by atoms with Crippen LogP contribution >= 0.6 is 0 Å². The molecule has 1 heterocycles. The highest BCUT2D eigenvalue weighted by atomic mass is 16.5. The van der Waals surface area contributed by atoms with Gasteiger partial charge in [0.15, 0.2) is 5.78 Å². The van der Waals surface area contributed by atoms with Crippen molar-refractivity contribution in [1.82, 2.24) is 0 Å². The van der Waals surface area contributed by atoms with Gasteiger partial charge < -0.3 is 4.74 Å². The minimum atomic E-state index is 0.0136. The lowest BCUT2D eigenvalue weighted by Gasteiger charge is -2.02. The molecule has 2 heteroatoms. The minimum Gasteiger partial charge on any atom is -0.372 e. The highest BCUT2D eigenvalue weighted by Gasteiger charge is 2.14. The molecular weight excluding hydrogens is 176 g/mol. The molecule has 2 rings (SSSR count). The summed E-state index contributed by atoms with van der Waals surface area (Å²) in [7, 11) is 0. The number of Topliss-reactive ketones (excluding diaryl/α,β-unsaturated/α-hetero) is 1. The van der Waals surface area contributed by atoms with E-state index in [0.717, 1.165) is 5.56 Å². The van der Waals surface area contributed by atoms with E-state index in [1.54, 1.807) is 6.92 Å². The first kappa shape index (κ1) is 9.16. The molecule has 1 aliphatic heterocycles. The molecule has 0 saturated carbocycles. The van der Waals surface area contributed by atoms with Crippen LogP contribution in [-0.2, 0) is 18.0 Å². The Kier molecular flexibility index (Phi) is 2.22. The first-order valence-electron chi connectivity index (χ1n) is 4.58. The molecule has 0 N–H and O–H groups in total. The van der Waals surface area contributed by atoms with Gasteiger partial charge in [0.25, 0.3) is 0 Å². The quantitative estimate of drug-likeness (QED) is 0.526. The maximum Gasteiger partial charge on any atom is 0.188 e. The number of allylic oxidation sites excluding steroid dienone is 1. The van der Waals surface area contributed by atoms with Crippen LogP contribution in [0, 0.1) is 0 Å². The Labute approximate surface area is 83.2 Å². The number of hydrogen-bond donors (Lipinski definition) is 0. The second-order valence-electron chi connectivity index (χ2n) is 3.59. The van der Waals surface area contributed by atoms with Crippen molar-refractivity contribution in [2.75, 3.05) is 0 Å². The summed E-state index contributed by atoms with van der Waals surface area (Å²) in [4.78, 5) is 11.6. The van der Waals surface area contributed by atoms with Gasteiger partial charge >= 0.3 is 0 Å². The normalized spacial score (nSPS) is 13.8. The fourth-order valence-electron chi connectivity index (χ4n) is 1.56. The van der Waals surface area contributed by atoms with Gasteiger partial charge in [0.1, 0.15) is 0 Å². The van der Waals surface area contributed by atoms with Gasteiger partial charge in [-0.25, -0.2) is 0 Å². The lowest BCUT2D eigenvalue weighted by Crippen LogP contribution is -2.00. The summed E-state index contributed by atoms with van der Waals surface area (Å²) in [6.07, 6.45) is 0. The number of carbonyl (C=O) groups excluding carboxylic acids is 1. The SMILES string of the molecule is C=C(C)C(=O)c1ccc2c(c1)COC2. The monoisotopic (exact) mass is 188 g/mol. The zero-order valence-corrected chi connectivity index (χ0v) is 8.17. The lowest BCUT2D eigenvalue weighted by atomic mass is 10.0. The van der Waals surface area contributed by atoms with Gasteiger partial charge in [-0.15, -0.1) is 0 Å². The summed E-state index contributed by atoms with van der Waals surface area (Å²) < 4.78 is 5.28. The summed E-state index contributed by atoms with van der Waals surface area (Å²) in [6, 6.07) is 5.70. The van der Waals surface area contributed by atoms with Gasteiger partial charge in [0.05, 0.1) is 13.2 Å². The van der Waals surface area contributed by atoms with Gasteiger partial charge in [-0.2, -0.15) is 0 Å². The zero-order valence-electron chi connectivity index (χ0n) is 8.17. The average Bonchev–Trinajstić information content (AvgIpc) is 2.62. The Morgan fingerprint density at radius 2 is 2.07 bits per heavy atom. The van der Waals surface area contributed by atoms with E-state index in [-0.39, 0.29) is 5.78 Å². The van der Waals surface area contributed by atoms with Crippen LogP contribution in [0.5, 0.6) is 0 Å². The Bertz CT molecular complexity index is 405. The minimum absolute atomic E-state index is 0.0136. The number of hydrogen-bond acceptors (Lipinski definition) is 2. The van der Waals surface area contributed by atoms with Crippen molar-refractivity contribution < 1.29 is 9.53 Å². The molecule has 1 aliphatic rings. The average molecular weight is 188 g/mol. The third-order valence-corrected chi connectivity index (χ3v) is 2.37. The van der Waals surface area contributed by atoms with Crippen LogP contribution in [0.25, 0.3) is 0 Å². The van der Waals surface area contributed by atoms with Crippen LogP contribution in [0.1, 0.15) is 28.4 Å². The summed E-state index contributed by atoms with van der Waals surface area (Å²) >= 11 is 0. The second-order valence-corrected chi connectivity index (χ2v) is 3.59. The van der Waals surface area contributed by atoms with E-state index in [1.165, 1.54) is 5.56 Å². The summed E-state index contributed by atoms with van der Waals surface area (Å²) in [5.74, 6) is 0.0136. The van der Waals surface area contributed by atoms with Crippen LogP contribution < -0.4 is 0 Å². The van der Waals surface area contributed by atoms with Gasteiger partial charge in [0, 0.05) is 5.56 Å². The van der Waals surface area contributed by atoms with Crippen molar-refractivity contribution in [3.63, 3.8) is 0 Å². The number of fused-ring (bicyclic) bond motifs is 1. The fourth-order valence-corrected chi connectivity index (χ4v) is 1.56. The van der Waals surface area contributed by atoms with E-state index in [4.69, 9.17) is 4.74 Å². The summed E-state index contributed by atoms with van der Waals surface area (Å²) in [5, 5.41) is 0. The Morgan fingerprint density at radius 1 is 1.36 bits per heavy atom. The molecule has 0 spiro atoms. The molecule has 0 bridgehead atoms. The predicted octanol–water partition coefficient (Wildman–Crippen LogP) is 2.48. The largest absolute Gasteiger partial charge is 0.372 e. The van der Waals surface area contributed by atoms with Crippen molar-refractivity contribution >= 4 is 5.78 Å². The number of ketones is 1. The predicted molar refractivity (Wildman–Crippen MR) is 54.1 cm³/mol. The molecule has 72 valence electrons. The van der Waals surface area contributed by atoms with Crippen molar-refractivity contribution in [2.24, 2.45) is 0 Å². The molecule has 2 nitrogen and oxygen atoms in total. The number of rotatable bonds is 2. The van der Waals surface area contributed by atoms with Crippen LogP contribution in [0.15, 0.2) is 30.4 Å². The fraction of sp³-hybridized carbons (Fsp3) is 0.250. The molecule has 1 aromatic carbocycles. The number of benzene rings is 1. The Morgan fingerprint density at radius 3 is 2.79 bits per heavy atom. The third kappa shape index (κ3) is 1.49. The van der Waals surface area contributed by atoms with Gasteiger partial charge in [-0.3, -0.25) is 4.79 Å². The standard InChI is InChI=1S/C12H12O2/c1-8(2)12(13)9-3-4-10-6-14-7-11(10)5-9/h3-5H,1,6-7H2,2H3. The maximum absolute atomic E-state index is 11.6. The Balaban J connectivity index is 2.38. The van der Waals surface area contributed by atoms with Crippen LogP contribution in [-0.4, -0.2) is 5.78 Å². The maximum atomic E-state index is 11.6. The molecule has 0 aromatic heterocycles. The van der Waals surface area contributed by atoms with E-state index in [1.807, 2.05) is 18.2 Å². The van der Waals surface area contributed by atoms with E-state index < -0.39 is 0 Å². The Hall–Kier alpha value is -1.41. The van der Waals surface area contributed by atoms with E-state index >= 15 is 0 Å². The van der Waals surface area contributed by atoms with Gasteiger partial charge in [-0.05, 0) is 29.7 Å². The van der Waals surface area contributed by atoms with Crippen molar-refractivity contribution in [1.29, 1.82) is 0 Å². The number of carbonyl (C=O) groups is 1. The first-order chi connectivity index (χ1) is 6.68. The second kappa shape index (κ2) is 3.39. The van der Waals surface area contributed by atoms with Crippen LogP contribution in [0.3, 0.4) is 0 Å². The molecule has 1 aromatic rings. The highest BCUT2D eigenvalue weighted by Crippen LogP contribution is 2.21. The van der Waals surface area contributed by atoms with Gasteiger partial charge in [0.2, 0.25) is 0 Å². The summed E-state index contributed by atoms with van der Waals surface area (Å²) in [5.41, 5.74) is 3.59. The molecule has 0 fully saturated rings.